The summed E-state index contributed by atoms with van der Waals surface area (Å²) in [6.07, 6.45) is 12.2. The van der Waals surface area contributed by atoms with Crippen LogP contribution in [0.1, 0.15) is 61.7 Å². The van der Waals surface area contributed by atoms with E-state index in [1.807, 2.05) is 18.2 Å². The van der Waals surface area contributed by atoms with Gasteiger partial charge in [-0.25, -0.2) is 4.79 Å². The van der Waals surface area contributed by atoms with Crippen LogP contribution in [0.25, 0.3) is 0 Å². The van der Waals surface area contributed by atoms with E-state index in [-0.39, 0.29) is 0 Å². The summed E-state index contributed by atoms with van der Waals surface area (Å²) in [5, 5.41) is 0. The topological polar surface area (TPSA) is 44.8 Å². The Labute approximate surface area is 157 Å². The SMILES string of the molecule is C=CCCCCCOc1ccc(OCCCCCC=C)c(C(=O)OC)c1. The molecule has 0 aromatic heterocycles. The molecule has 0 aliphatic heterocycles. The Balaban J connectivity index is 2.52. The summed E-state index contributed by atoms with van der Waals surface area (Å²) in [6, 6.07) is 5.31. The quantitative estimate of drug-likeness (QED) is 0.228. The highest BCUT2D eigenvalue weighted by atomic mass is 16.5. The molecule has 0 saturated carbocycles. The first-order valence-electron chi connectivity index (χ1n) is 9.42. The minimum absolute atomic E-state index is 0.405. The third kappa shape index (κ3) is 8.75. The lowest BCUT2D eigenvalue weighted by Gasteiger charge is -2.13. The molecule has 0 fully saturated rings. The fraction of sp³-hybridized carbons (Fsp3) is 0.500. The van der Waals surface area contributed by atoms with Gasteiger partial charge in [-0.05, 0) is 69.6 Å². The summed E-state index contributed by atoms with van der Waals surface area (Å²) in [7, 11) is 1.37. The van der Waals surface area contributed by atoms with Gasteiger partial charge in [-0.2, -0.15) is 0 Å². The molecular weight excluding hydrogens is 328 g/mol. The number of hydrogen-bond donors (Lipinski definition) is 0. The number of methoxy groups -OCH3 is 1. The number of carbonyl (C=O) groups is 1. The van der Waals surface area contributed by atoms with Crippen molar-refractivity contribution < 1.29 is 19.0 Å². The maximum atomic E-state index is 12.0. The van der Waals surface area contributed by atoms with Crippen LogP contribution >= 0.6 is 0 Å². The molecule has 0 spiro atoms. The van der Waals surface area contributed by atoms with Gasteiger partial charge in [0.15, 0.2) is 0 Å². The van der Waals surface area contributed by atoms with E-state index < -0.39 is 5.97 Å². The van der Waals surface area contributed by atoms with Crippen LogP contribution in [0, 0.1) is 0 Å². The van der Waals surface area contributed by atoms with Crippen LogP contribution in [0.5, 0.6) is 11.5 Å². The van der Waals surface area contributed by atoms with Gasteiger partial charge in [0.1, 0.15) is 17.1 Å². The first-order chi connectivity index (χ1) is 12.7. The molecule has 0 radical (unpaired) electrons. The highest BCUT2D eigenvalue weighted by Crippen LogP contribution is 2.25. The Morgan fingerprint density at radius 3 is 2.12 bits per heavy atom. The highest BCUT2D eigenvalue weighted by Gasteiger charge is 2.14. The predicted molar refractivity (Wildman–Crippen MR) is 106 cm³/mol. The summed E-state index contributed by atoms with van der Waals surface area (Å²) >= 11 is 0. The van der Waals surface area contributed by atoms with Crippen LogP contribution in [0.2, 0.25) is 0 Å². The molecule has 0 saturated heterocycles. The molecule has 0 heterocycles. The van der Waals surface area contributed by atoms with Crippen molar-refractivity contribution in [3.8, 4) is 11.5 Å². The zero-order valence-electron chi connectivity index (χ0n) is 16.0. The largest absolute Gasteiger partial charge is 0.494 e. The lowest BCUT2D eigenvalue weighted by atomic mass is 10.1. The normalized spacial score (nSPS) is 10.2. The molecule has 1 aromatic rings. The van der Waals surface area contributed by atoms with E-state index in [1.54, 1.807) is 12.1 Å². The van der Waals surface area contributed by atoms with Gasteiger partial charge in [-0.15, -0.1) is 13.2 Å². The first-order valence-corrected chi connectivity index (χ1v) is 9.42. The summed E-state index contributed by atoms with van der Waals surface area (Å²) in [6.45, 7) is 8.63. The molecule has 1 aromatic carbocycles. The van der Waals surface area contributed by atoms with E-state index in [4.69, 9.17) is 14.2 Å². The molecule has 4 heteroatoms. The van der Waals surface area contributed by atoms with Crippen molar-refractivity contribution in [1.82, 2.24) is 0 Å². The van der Waals surface area contributed by atoms with Crippen molar-refractivity contribution >= 4 is 5.97 Å². The fourth-order valence-corrected chi connectivity index (χ4v) is 2.50. The van der Waals surface area contributed by atoms with Crippen molar-refractivity contribution in [1.29, 1.82) is 0 Å². The molecule has 0 aliphatic carbocycles. The van der Waals surface area contributed by atoms with Crippen molar-refractivity contribution in [3.63, 3.8) is 0 Å². The third-order valence-corrected chi connectivity index (χ3v) is 3.99. The summed E-state index contributed by atoms with van der Waals surface area (Å²) < 4.78 is 16.4. The Hall–Kier alpha value is -2.23. The van der Waals surface area contributed by atoms with E-state index in [9.17, 15) is 4.79 Å². The monoisotopic (exact) mass is 360 g/mol. The second-order valence-electron chi connectivity index (χ2n) is 6.12. The standard InChI is InChI=1S/C22H32O4/c1-4-6-8-10-12-16-25-19-14-15-21(20(18-19)22(23)24-3)26-17-13-11-9-7-5-2/h4-5,14-15,18H,1-2,6-13,16-17H2,3H3. The fourth-order valence-electron chi connectivity index (χ4n) is 2.50. The number of esters is 1. The molecule has 0 unspecified atom stereocenters. The summed E-state index contributed by atoms with van der Waals surface area (Å²) in [5.74, 6) is 0.787. The van der Waals surface area contributed by atoms with Crippen molar-refractivity contribution in [2.75, 3.05) is 20.3 Å². The average molecular weight is 360 g/mol. The number of rotatable bonds is 15. The number of benzene rings is 1. The van der Waals surface area contributed by atoms with Gasteiger partial charge >= 0.3 is 5.97 Å². The molecule has 0 atom stereocenters. The molecule has 26 heavy (non-hydrogen) atoms. The number of unbranched alkanes of at least 4 members (excludes halogenated alkanes) is 6. The Bertz CT molecular complexity index is 551. The third-order valence-electron chi connectivity index (χ3n) is 3.99. The average Bonchev–Trinajstić information content (AvgIpc) is 2.67. The van der Waals surface area contributed by atoms with Crippen molar-refractivity contribution in [3.05, 3.63) is 49.1 Å². The molecule has 0 bridgehead atoms. The zero-order chi connectivity index (χ0) is 19.0. The number of allylic oxidation sites excluding steroid dienone is 2. The van der Waals surface area contributed by atoms with Crippen molar-refractivity contribution in [2.45, 2.75) is 51.4 Å². The van der Waals surface area contributed by atoms with E-state index in [0.717, 1.165) is 51.4 Å². The molecule has 144 valence electrons. The number of carbonyl (C=O) groups excluding carboxylic acids is 1. The Morgan fingerprint density at radius 1 is 0.923 bits per heavy atom. The van der Waals surface area contributed by atoms with Gasteiger partial charge in [0.25, 0.3) is 0 Å². The van der Waals surface area contributed by atoms with Gasteiger partial charge in [0.05, 0.1) is 20.3 Å². The second kappa shape index (κ2) is 14.0. The van der Waals surface area contributed by atoms with Gasteiger partial charge in [0, 0.05) is 0 Å². The van der Waals surface area contributed by atoms with Gasteiger partial charge in [-0.1, -0.05) is 12.2 Å². The molecule has 0 amide bonds. The lowest BCUT2D eigenvalue weighted by molar-refractivity contribution is 0.0595. The van der Waals surface area contributed by atoms with Crippen LogP contribution in [0.4, 0.5) is 0 Å². The van der Waals surface area contributed by atoms with Gasteiger partial charge < -0.3 is 14.2 Å². The zero-order valence-corrected chi connectivity index (χ0v) is 16.0. The summed E-state index contributed by atoms with van der Waals surface area (Å²) in [4.78, 5) is 12.0. The smallest absolute Gasteiger partial charge is 0.341 e. The van der Waals surface area contributed by atoms with Crippen LogP contribution in [-0.2, 0) is 4.74 Å². The maximum Gasteiger partial charge on any atom is 0.341 e. The van der Waals surface area contributed by atoms with Crippen LogP contribution < -0.4 is 9.47 Å². The predicted octanol–water partition coefficient (Wildman–Crippen LogP) is 5.72. The molecule has 1 rings (SSSR count). The van der Waals surface area contributed by atoms with Crippen LogP contribution in [-0.4, -0.2) is 26.3 Å². The maximum absolute atomic E-state index is 12.0. The minimum Gasteiger partial charge on any atom is -0.494 e. The van der Waals surface area contributed by atoms with E-state index in [0.29, 0.717) is 30.3 Å². The van der Waals surface area contributed by atoms with Gasteiger partial charge in [0.2, 0.25) is 0 Å². The van der Waals surface area contributed by atoms with E-state index >= 15 is 0 Å². The molecule has 0 aliphatic rings. The van der Waals surface area contributed by atoms with Crippen LogP contribution in [0.15, 0.2) is 43.5 Å². The molecule has 0 N–H and O–H groups in total. The summed E-state index contributed by atoms with van der Waals surface area (Å²) in [5.41, 5.74) is 0.405. The molecular formula is C22H32O4. The Kier molecular flexibility index (Phi) is 11.7. The lowest BCUT2D eigenvalue weighted by Crippen LogP contribution is -2.08. The second-order valence-corrected chi connectivity index (χ2v) is 6.12. The molecule has 4 nitrogen and oxygen atoms in total. The minimum atomic E-state index is -0.414. The van der Waals surface area contributed by atoms with E-state index in [1.165, 1.54) is 7.11 Å². The first kappa shape index (κ1) is 21.8. The number of ether oxygens (including phenoxy) is 3. The number of hydrogen-bond acceptors (Lipinski definition) is 4. The van der Waals surface area contributed by atoms with E-state index in [2.05, 4.69) is 13.2 Å². The van der Waals surface area contributed by atoms with Gasteiger partial charge in [-0.3, -0.25) is 0 Å². The van der Waals surface area contributed by atoms with Crippen LogP contribution in [0.3, 0.4) is 0 Å². The highest BCUT2D eigenvalue weighted by molar-refractivity contribution is 5.92. The van der Waals surface area contributed by atoms with Crippen molar-refractivity contribution in [2.24, 2.45) is 0 Å². The Morgan fingerprint density at radius 2 is 1.54 bits per heavy atom.